The normalized spacial score (nSPS) is 16.3. The Hall–Kier alpha value is -1.02. The fourth-order valence-electron chi connectivity index (χ4n) is 2.46. The molecule has 1 heterocycles. The molecule has 1 fully saturated rings. The van der Waals surface area contributed by atoms with Crippen molar-refractivity contribution < 1.29 is 4.74 Å². The van der Waals surface area contributed by atoms with Crippen molar-refractivity contribution in [3.05, 3.63) is 29.8 Å². The minimum Gasteiger partial charge on any atom is -0.378 e. The van der Waals surface area contributed by atoms with Gasteiger partial charge < -0.3 is 20.3 Å². The van der Waals surface area contributed by atoms with Crippen LogP contribution in [0.1, 0.15) is 32.8 Å². The van der Waals surface area contributed by atoms with E-state index in [-0.39, 0.29) is 24.0 Å². The Labute approximate surface area is 163 Å². The van der Waals surface area contributed by atoms with Gasteiger partial charge in [0.15, 0.2) is 5.96 Å². The summed E-state index contributed by atoms with van der Waals surface area (Å²) in [6.45, 7) is 11.6. The Morgan fingerprint density at radius 2 is 1.88 bits per heavy atom. The van der Waals surface area contributed by atoms with Crippen molar-refractivity contribution >= 4 is 35.6 Å². The number of halogens is 1. The van der Waals surface area contributed by atoms with E-state index in [9.17, 15) is 0 Å². The zero-order valence-electron chi connectivity index (χ0n) is 15.0. The second-order valence-corrected chi connectivity index (χ2v) is 5.91. The van der Waals surface area contributed by atoms with Gasteiger partial charge in [0.25, 0.3) is 0 Å². The fraction of sp³-hybridized carbons (Fsp3) is 0.611. The molecule has 1 atom stereocenters. The second kappa shape index (κ2) is 11.5. The second-order valence-electron chi connectivity index (χ2n) is 5.91. The summed E-state index contributed by atoms with van der Waals surface area (Å²) in [6.07, 6.45) is 1.08. The van der Waals surface area contributed by atoms with Gasteiger partial charge in [0.1, 0.15) is 0 Å². The molecule has 5 nitrogen and oxygen atoms in total. The molecule has 0 bridgehead atoms. The van der Waals surface area contributed by atoms with E-state index in [2.05, 4.69) is 65.6 Å². The molecule has 0 aromatic heterocycles. The molecule has 1 aromatic rings. The molecular formula is C18H31IN4O. The van der Waals surface area contributed by atoms with E-state index in [1.54, 1.807) is 0 Å². The first-order chi connectivity index (χ1) is 11.2. The van der Waals surface area contributed by atoms with E-state index in [0.29, 0.717) is 12.6 Å². The Bertz CT molecular complexity index is 486. The standard InChI is InChI=1S/C18H30N4O.HI/c1-4-15(3)21-18(19-5-2)20-14-16-6-8-17(9-7-16)22-10-12-23-13-11-22;/h6-9,15H,4-5,10-14H2,1-3H3,(H2,19,20,21);1H. The lowest BCUT2D eigenvalue weighted by molar-refractivity contribution is 0.122. The molecule has 0 aliphatic carbocycles. The zero-order valence-corrected chi connectivity index (χ0v) is 17.4. The average Bonchev–Trinajstić information content (AvgIpc) is 2.61. The average molecular weight is 446 g/mol. The Balaban J connectivity index is 0.00000288. The summed E-state index contributed by atoms with van der Waals surface area (Å²) in [5.74, 6) is 0.888. The summed E-state index contributed by atoms with van der Waals surface area (Å²) in [7, 11) is 0. The lowest BCUT2D eigenvalue weighted by Gasteiger charge is -2.28. The van der Waals surface area contributed by atoms with Crippen molar-refractivity contribution in [2.75, 3.05) is 37.7 Å². The van der Waals surface area contributed by atoms with Crippen molar-refractivity contribution in [1.82, 2.24) is 10.6 Å². The molecule has 1 aliphatic rings. The number of benzene rings is 1. The highest BCUT2D eigenvalue weighted by molar-refractivity contribution is 14.0. The number of nitrogens with zero attached hydrogens (tertiary/aromatic N) is 2. The summed E-state index contributed by atoms with van der Waals surface area (Å²) >= 11 is 0. The first-order valence-electron chi connectivity index (χ1n) is 8.69. The Kier molecular flexibility index (Phi) is 10.1. The third-order valence-corrected chi connectivity index (χ3v) is 4.07. The highest BCUT2D eigenvalue weighted by Crippen LogP contribution is 2.17. The van der Waals surface area contributed by atoms with Gasteiger partial charge in [0.2, 0.25) is 0 Å². The van der Waals surface area contributed by atoms with Crippen LogP contribution in [0.25, 0.3) is 0 Å². The van der Waals surface area contributed by atoms with Crippen LogP contribution in [0.15, 0.2) is 29.3 Å². The van der Waals surface area contributed by atoms with E-state index >= 15 is 0 Å². The van der Waals surface area contributed by atoms with Crippen LogP contribution in [0.4, 0.5) is 5.69 Å². The molecule has 6 heteroatoms. The highest BCUT2D eigenvalue weighted by Gasteiger charge is 2.10. The number of hydrogen-bond acceptors (Lipinski definition) is 3. The highest BCUT2D eigenvalue weighted by atomic mass is 127. The summed E-state index contributed by atoms with van der Waals surface area (Å²) in [4.78, 5) is 7.04. The van der Waals surface area contributed by atoms with Crippen LogP contribution in [-0.4, -0.2) is 44.8 Å². The molecule has 136 valence electrons. The molecule has 0 spiro atoms. The van der Waals surface area contributed by atoms with Crippen LogP contribution in [0.3, 0.4) is 0 Å². The lowest BCUT2D eigenvalue weighted by atomic mass is 10.2. The van der Waals surface area contributed by atoms with Gasteiger partial charge in [-0.3, -0.25) is 0 Å². The number of anilines is 1. The first kappa shape index (κ1) is 21.0. The third kappa shape index (κ3) is 6.84. The van der Waals surface area contributed by atoms with Gasteiger partial charge in [0.05, 0.1) is 19.8 Å². The molecule has 2 N–H and O–H groups in total. The van der Waals surface area contributed by atoms with Gasteiger partial charge in [-0.05, 0) is 38.0 Å². The van der Waals surface area contributed by atoms with Gasteiger partial charge >= 0.3 is 0 Å². The van der Waals surface area contributed by atoms with E-state index in [1.165, 1.54) is 11.3 Å². The van der Waals surface area contributed by atoms with Crippen LogP contribution < -0.4 is 15.5 Å². The van der Waals surface area contributed by atoms with Crippen molar-refractivity contribution in [3.63, 3.8) is 0 Å². The van der Waals surface area contributed by atoms with Crippen molar-refractivity contribution in [2.24, 2.45) is 4.99 Å². The van der Waals surface area contributed by atoms with Gasteiger partial charge in [-0.2, -0.15) is 0 Å². The first-order valence-corrected chi connectivity index (χ1v) is 8.69. The van der Waals surface area contributed by atoms with Gasteiger partial charge in [-0.25, -0.2) is 4.99 Å². The number of ether oxygens (including phenoxy) is 1. The monoisotopic (exact) mass is 446 g/mol. The number of guanidine groups is 1. The van der Waals surface area contributed by atoms with E-state index < -0.39 is 0 Å². The predicted molar refractivity (Wildman–Crippen MR) is 113 cm³/mol. The summed E-state index contributed by atoms with van der Waals surface area (Å²) in [5.41, 5.74) is 2.49. The SMILES string of the molecule is CCNC(=NCc1ccc(N2CCOCC2)cc1)NC(C)CC.I. The van der Waals surface area contributed by atoms with Crippen LogP contribution in [0.5, 0.6) is 0 Å². The Morgan fingerprint density at radius 1 is 1.21 bits per heavy atom. The molecule has 2 rings (SSSR count). The minimum atomic E-state index is 0. The van der Waals surface area contributed by atoms with Crippen LogP contribution in [0.2, 0.25) is 0 Å². The number of rotatable bonds is 6. The van der Waals surface area contributed by atoms with Gasteiger partial charge in [-0.15, -0.1) is 24.0 Å². The summed E-state index contributed by atoms with van der Waals surface area (Å²) < 4.78 is 5.40. The predicted octanol–water partition coefficient (Wildman–Crippen LogP) is 2.99. The number of morpholine rings is 1. The number of nitrogens with one attached hydrogen (secondary N) is 2. The van der Waals surface area contributed by atoms with Crippen LogP contribution >= 0.6 is 24.0 Å². The van der Waals surface area contributed by atoms with Crippen LogP contribution in [0, 0.1) is 0 Å². The number of hydrogen-bond donors (Lipinski definition) is 2. The van der Waals surface area contributed by atoms with E-state index in [0.717, 1.165) is 45.2 Å². The molecule has 0 saturated carbocycles. The number of aliphatic imine (C=N–C) groups is 1. The van der Waals surface area contributed by atoms with Crippen molar-refractivity contribution in [2.45, 2.75) is 39.8 Å². The quantitative estimate of drug-likeness (QED) is 0.401. The lowest BCUT2D eigenvalue weighted by Crippen LogP contribution is -2.41. The maximum Gasteiger partial charge on any atom is 0.191 e. The molecule has 24 heavy (non-hydrogen) atoms. The largest absolute Gasteiger partial charge is 0.378 e. The molecule has 1 aliphatic heterocycles. The molecule has 1 saturated heterocycles. The van der Waals surface area contributed by atoms with Crippen molar-refractivity contribution in [1.29, 1.82) is 0 Å². The minimum absolute atomic E-state index is 0. The smallest absolute Gasteiger partial charge is 0.191 e. The Morgan fingerprint density at radius 3 is 2.46 bits per heavy atom. The molecular weight excluding hydrogens is 415 g/mol. The van der Waals surface area contributed by atoms with Gasteiger partial charge in [-0.1, -0.05) is 19.1 Å². The summed E-state index contributed by atoms with van der Waals surface area (Å²) in [5, 5.41) is 6.72. The molecule has 0 amide bonds. The topological polar surface area (TPSA) is 48.9 Å². The molecule has 1 aromatic carbocycles. The van der Waals surface area contributed by atoms with Crippen LogP contribution in [-0.2, 0) is 11.3 Å². The third-order valence-electron chi connectivity index (χ3n) is 4.07. The summed E-state index contributed by atoms with van der Waals surface area (Å²) in [6, 6.07) is 9.13. The van der Waals surface area contributed by atoms with E-state index in [1.807, 2.05) is 0 Å². The zero-order chi connectivity index (χ0) is 16.5. The molecule has 1 unspecified atom stereocenters. The fourth-order valence-corrected chi connectivity index (χ4v) is 2.46. The maximum absolute atomic E-state index is 5.40. The van der Waals surface area contributed by atoms with E-state index in [4.69, 9.17) is 4.74 Å². The molecule has 0 radical (unpaired) electrons. The van der Waals surface area contributed by atoms with Crippen molar-refractivity contribution in [3.8, 4) is 0 Å². The maximum atomic E-state index is 5.40. The van der Waals surface area contributed by atoms with Gasteiger partial charge in [0, 0.05) is 31.4 Å².